The van der Waals surface area contributed by atoms with Gasteiger partial charge >= 0.3 is 0 Å². The predicted molar refractivity (Wildman–Crippen MR) is 94.4 cm³/mol. The summed E-state index contributed by atoms with van der Waals surface area (Å²) in [6, 6.07) is 8.75. The van der Waals surface area contributed by atoms with Crippen molar-refractivity contribution in [2.24, 2.45) is 11.5 Å². The second-order valence-corrected chi connectivity index (χ2v) is 7.68. The number of nitrogens with two attached hydrogens (primary N) is 2. The zero-order chi connectivity index (χ0) is 15.2. The van der Waals surface area contributed by atoms with Crippen LogP contribution in [0, 0.1) is 10.8 Å². The highest BCUT2D eigenvalue weighted by atomic mass is 32.2. The van der Waals surface area contributed by atoms with Crippen LogP contribution in [-0.4, -0.2) is 21.3 Å². The van der Waals surface area contributed by atoms with Crippen molar-refractivity contribution in [3.8, 4) is 0 Å². The molecular weight excluding hydrogens is 300 g/mol. The Morgan fingerprint density at radius 2 is 1.81 bits per heavy atom. The van der Waals surface area contributed by atoms with Crippen LogP contribution in [0.5, 0.6) is 0 Å². The van der Waals surface area contributed by atoms with Gasteiger partial charge in [0.25, 0.3) is 0 Å². The summed E-state index contributed by atoms with van der Waals surface area (Å²) in [7, 11) is 0. The number of hydrogen-bond donors (Lipinski definition) is 4. The maximum atomic E-state index is 7.47. The molecule has 2 atom stereocenters. The summed E-state index contributed by atoms with van der Waals surface area (Å²) in [5, 5.41) is 15.5. The SMILES string of the molecule is N=C(N)SCCc1ccc(C2CCCC2SC(=N)N)cc1. The third-order valence-electron chi connectivity index (χ3n) is 3.79. The first-order valence-corrected chi connectivity index (χ1v) is 8.99. The molecule has 0 bridgehead atoms. The average Bonchev–Trinajstić information content (AvgIpc) is 2.86. The van der Waals surface area contributed by atoms with Crippen molar-refractivity contribution < 1.29 is 0 Å². The molecule has 0 spiro atoms. The van der Waals surface area contributed by atoms with Crippen LogP contribution in [0.15, 0.2) is 24.3 Å². The number of nitrogens with one attached hydrogen (secondary N) is 2. The second kappa shape index (κ2) is 7.75. The monoisotopic (exact) mass is 322 g/mol. The number of thioether (sulfide) groups is 2. The van der Waals surface area contributed by atoms with E-state index in [0.29, 0.717) is 11.2 Å². The molecule has 0 aliphatic heterocycles. The van der Waals surface area contributed by atoms with Crippen LogP contribution in [0.4, 0.5) is 0 Å². The third-order valence-corrected chi connectivity index (χ3v) is 5.63. The van der Waals surface area contributed by atoms with Gasteiger partial charge in [-0.1, -0.05) is 54.2 Å². The van der Waals surface area contributed by atoms with Crippen molar-refractivity contribution in [3.63, 3.8) is 0 Å². The standard InChI is InChI=1S/C15H22N4S2/c16-14(17)20-9-8-10-4-6-11(7-5-10)12-2-1-3-13(12)21-15(18)19/h4-7,12-13H,1-3,8-9H2,(H3,16,17)(H3,18,19). The Balaban J connectivity index is 1.94. The van der Waals surface area contributed by atoms with Crippen LogP contribution in [0.3, 0.4) is 0 Å². The summed E-state index contributed by atoms with van der Waals surface area (Å²) in [6.07, 6.45) is 4.48. The zero-order valence-corrected chi connectivity index (χ0v) is 13.6. The maximum Gasteiger partial charge on any atom is 0.151 e. The molecule has 1 aliphatic rings. The van der Waals surface area contributed by atoms with Crippen LogP contribution in [0.1, 0.15) is 36.3 Å². The highest BCUT2D eigenvalue weighted by molar-refractivity contribution is 8.14. The van der Waals surface area contributed by atoms with Gasteiger partial charge in [0.2, 0.25) is 0 Å². The van der Waals surface area contributed by atoms with Crippen molar-refractivity contribution >= 4 is 33.9 Å². The van der Waals surface area contributed by atoms with E-state index in [4.69, 9.17) is 22.3 Å². The fraction of sp³-hybridized carbons (Fsp3) is 0.467. The van der Waals surface area contributed by atoms with E-state index in [1.54, 1.807) is 0 Å². The number of benzene rings is 1. The summed E-state index contributed by atoms with van der Waals surface area (Å²) < 4.78 is 0. The van der Waals surface area contributed by atoms with Gasteiger partial charge in [0.05, 0.1) is 0 Å². The summed E-state index contributed by atoms with van der Waals surface area (Å²) in [6.45, 7) is 0. The van der Waals surface area contributed by atoms with Crippen molar-refractivity contribution in [3.05, 3.63) is 35.4 Å². The smallest absolute Gasteiger partial charge is 0.151 e. The lowest BCUT2D eigenvalue weighted by atomic mass is 9.96. The predicted octanol–water partition coefficient (Wildman–Crippen LogP) is 3.12. The first-order chi connectivity index (χ1) is 10.1. The molecule has 114 valence electrons. The van der Waals surface area contributed by atoms with Gasteiger partial charge in [0.15, 0.2) is 10.3 Å². The third kappa shape index (κ3) is 4.97. The lowest BCUT2D eigenvalue weighted by Crippen LogP contribution is -2.15. The Hall–Kier alpha value is -1.14. The first-order valence-electron chi connectivity index (χ1n) is 7.12. The molecule has 0 heterocycles. The lowest BCUT2D eigenvalue weighted by Gasteiger charge is -2.19. The first kappa shape index (κ1) is 16.2. The molecule has 0 saturated heterocycles. The number of amidine groups is 2. The number of aryl methyl sites for hydroxylation is 1. The fourth-order valence-corrected chi connectivity index (χ4v) is 4.45. The molecule has 2 unspecified atom stereocenters. The van der Waals surface area contributed by atoms with E-state index in [1.807, 2.05) is 0 Å². The normalized spacial score (nSPS) is 21.3. The van der Waals surface area contributed by atoms with Crippen molar-refractivity contribution in [1.29, 1.82) is 10.8 Å². The molecule has 21 heavy (non-hydrogen) atoms. The molecule has 0 amide bonds. The van der Waals surface area contributed by atoms with Gasteiger partial charge in [-0.2, -0.15) is 0 Å². The van der Waals surface area contributed by atoms with Crippen LogP contribution < -0.4 is 11.5 Å². The minimum absolute atomic E-state index is 0.182. The van der Waals surface area contributed by atoms with Crippen molar-refractivity contribution in [2.45, 2.75) is 36.9 Å². The van der Waals surface area contributed by atoms with Gasteiger partial charge in [-0.15, -0.1) is 0 Å². The fourth-order valence-electron chi connectivity index (χ4n) is 2.82. The molecule has 0 radical (unpaired) electrons. The quantitative estimate of drug-likeness (QED) is 0.494. The zero-order valence-electron chi connectivity index (χ0n) is 12.0. The van der Waals surface area contributed by atoms with E-state index in [9.17, 15) is 0 Å². The van der Waals surface area contributed by atoms with Crippen LogP contribution >= 0.6 is 23.5 Å². The van der Waals surface area contributed by atoms with E-state index >= 15 is 0 Å². The minimum atomic E-state index is 0.182. The highest BCUT2D eigenvalue weighted by Crippen LogP contribution is 2.41. The lowest BCUT2D eigenvalue weighted by molar-refractivity contribution is 0.737. The van der Waals surface area contributed by atoms with E-state index < -0.39 is 0 Å². The van der Waals surface area contributed by atoms with Gasteiger partial charge in [-0.25, -0.2) is 0 Å². The van der Waals surface area contributed by atoms with Crippen LogP contribution in [0.25, 0.3) is 0 Å². The molecule has 1 aromatic carbocycles. The van der Waals surface area contributed by atoms with Crippen molar-refractivity contribution in [1.82, 2.24) is 0 Å². The summed E-state index contributed by atoms with van der Waals surface area (Å²) in [4.78, 5) is 0. The van der Waals surface area contributed by atoms with Crippen LogP contribution in [-0.2, 0) is 6.42 Å². The van der Waals surface area contributed by atoms with Gasteiger partial charge < -0.3 is 11.5 Å². The molecule has 1 aliphatic carbocycles. The summed E-state index contributed by atoms with van der Waals surface area (Å²) >= 11 is 2.89. The molecule has 2 rings (SSSR count). The Morgan fingerprint density at radius 3 is 2.43 bits per heavy atom. The van der Waals surface area contributed by atoms with Crippen molar-refractivity contribution in [2.75, 3.05) is 5.75 Å². The van der Waals surface area contributed by atoms with E-state index in [0.717, 1.165) is 18.6 Å². The Labute approximate surface area is 134 Å². The van der Waals surface area contributed by atoms with E-state index in [1.165, 1.54) is 47.5 Å². The van der Waals surface area contributed by atoms with Gasteiger partial charge in [-0.3, -0.25) is 10.8 Å². The van der Waals surface area contributed by atoms with E-state index in [2.05, 4.69) is 24.3 Å². The Kier molecular flexibility index (Phi) is 5.99. The molecule has 4 nitrogen and oxygen atoms in total. The molecule has 6 heteroatoms. The molecular formula is C15H22N4S2. The summed E-state index contributed by atoms with van der Waals surface area (Å²) in [5.74, 6) is 1.36. The molecule has 6 N–H and O–H groups in total. The summed E-state index contributed by atoms with van der Waals surface area (Å²) in [5.41, 5.74) is 13.5. The number of hydrogen-bond acceptors (Lipinski definition) is 4. The maximum absolute atomic E-state index is 7.47. The topological polar surface area (TPSA) is 99.7 Å². The van der Waals surface area contributed by atoms with Gasteiger partial charge in [-0.05, 0) is 36.3 Å². The Bertz CT molecular complexity index is 501. The van der Waals surface area contributed by atoms with E-state index in [-0.39, 0.29) is 10.3 Å². The average molecular weight is 323 g/mol. The molecule has 1 aromatic rings. The largest absolute Gasteiger partial charge is 0.379 e. The van der Waals surface area contributed by atoms with Gasteiger partial charge in [0, 0.05) is 11.0 Å². The second-order valence-electron chi connectivity index (χ2n) is 5.26. The minimum Gasteiger partial charge on any atom is -0.379 e. The molecule has 1 fully saturated rings. The van der Waals surface area contributed by atoms with Crippen LogP contribution in [0.2, 0.25) is 0 Å². The highest BCUT2D eigenvalue weighted by Gasteiger charge is 2.29. The Morgan fingerprint density at radius 1 is 1.10 bits per heavy atom. The number of rotatable bonds is 5. The molecule has 0 aromatic heterocycles. The molecule has 1 saturated carbocycles. The van der Waals surface area contributed by atoms with Gasteiger partial charge in [0.1, 0.15) is 0 Å².